The molecule has 0 aromatic heterocycles. The molecule has 13 heavy (non-hydrogen) atoms. The molecule has 0 bridgehead atoms. The van der Waals surface area contributed by atoms with Crippen LogP contribution in [0.3, 0.4) is 0 Å². The van der Waals surface area contributed by atoms with Crippen molar-refractivity contribution in [1.29, 1.82) is 0 Å². The van der Waals surface area contributed by atoms with Gasteiger partial charge in [0.05, 0.1) is 0 Å². The Labute approximate surface area is 76.4 Å². The summed E-state index contributed by atoms with van der Waals surface area (Å²) in [5.74, 6) is 0. The summed E-state index contributed by atoms with van der Waals surface area (Å²) in [7, 11) is -3.74. The first-order valence-electron chi connectivity index (χ1n) is 3.80. The molecule has 1 aliphatic heterocycles. The highest BCUT2D eigenvalue weighted by atomic mass is 32.3. The molecule has 1 saturated heterocycles. The average molecular weight is 200 g/mol. The van der Waals surface area contributed by atoms with Crippen molar-refractivity contribution in [2.45, 2.75) is 6.10 Å². The van der Waals surface area contributed by atoms with Gasteiger partial charge >= 0.3 is 10.4 Å². The van der Waals surface area contributed by atoms with Gasteiger partial charge in [-0.15, -0.1) is 0 Å². The molecular weight excluding hydrogens is 192 g/mol. The highest BCUT2D eigenvalue weighted by Crippen LogP contribution is 2.26. The van der Waals surface area contributed by atoms with Gasteiger partial charge in [-0.25, -0.2) is 8.37 Å². The van der Waals surface area contributed by atoms with Gasteiger partial charge in [0.2, 0.25) is 0 Å². The van der Waals surface area contributed by atoms with Crippen molar-refractivity contribution in [2.24, 2.45) is 0 Å². The predicted octanol–water partition coefficient (Wildman–Crippen LogP) is 1.02. The molecule has 4 nitrogen and oxygen atoms in total. The van der Waals surface area contributed by atoms with Crippen LogP contribution >= 0.6 is 0 Å². The van der Waals surface area contributed by atoms with E-state index in [1.807, 2.05) is 18.2 Å². The molecule has 1 heterocycles. The van der Waals surface area contributed by atoms with Gasteiger partial charge in [0.15, 0.2) is 0 Å². The molecule has 0 radical (unpaired) electrons. The van der Waals surface area contributed by atoms with Crippen molar-refractivity contribution >= 4 is 10.4 Å². The summed E-state index contributed by atoms with van der Waals surface area (Å²) in [6.07, 6.45) is -0.494. The largest absolute Gasteiger partial charge is 0.400 e. The fraction of sp³-hybridized carbons (Fsp3) is 0.250. The molecule has 70 valence electrons. The number of rotatable bonds is 1. The van der Waals surface area contributed by atoms with Crippen LogP contribution < -0.4 is 0 Å². The van der Waals surface area contributed by atoms with Crippen molar-refractivity contribution in [2.75, 3.05) is 6.61 Å². The van der Waals surface area contributed by atoms with E-state index >= 15 is 0 Å². The van der Waals surface area contributed by atoms with Gasteiger partial charge < -0.3 is 0 Å². The zero-order valence-electron chi connectivity index (χ0n) is 6.71. The highest BCUT2D eigenvalue weighted by Gasteiger charge is 2.30. The van der Waals surface area contributed by atoms with Crippen LogP contribution in [0.4, 0.5) is 0 Å². The van der Waals surface area contributed by atoms with Crippen LogP contribution in [0.15, 0.2) is 30.3 Å². The third kappa shape index (κ3) is 1.88. The maximum Gasteiger partial charge on any atom is 0.400 e. The monoisotopic (exact) mass is 200 g/mol. The van der Waals surface area contributed by atoms with E-state index in [9.17, 15) is 8.42 Å². The van der Waals surface area contributed by atoms with E-state index in [0.717, 1.165) is 5.56 Å². The quantitative estimate of drug-likeness (QED) is 0.679. The molecular formula is C8H8O4S. The van der Waals surface area contributed by atoms with Gasteiger partial charge in [0, 0.05) is 0 Å². The minimum Gasteiger partial charge on any atom is -0.245 e. The molecule has 1 atom stereocenters. The Hall–Kier alpha value is -0.910. The fourth-order valence-corrected chi connectivity index (χ4v) is 1.96. The zero-order chi connectivity index (χ0) is 9.31. The second kappa shape index (κ2) is 3.10. The molecule has 2 rings (SSSR count). The average Bonchev–Trinajstić information content (AvgIpc) is 2.48. The Morgan fingerprint density at radius 2 is 1.92 bits per heavy atom. The Morgan fingerprint density at radius 3 is 2.46 bits per heavy atom. The highest BCUT2D eigenvalue weighted by molar-refractivity contribution is 7.82. The van der Waals surface area contributed by atoms with Crippen LogP contribution in [0.2, 0.25) is 0 Å². The van der Waals surface area contributed by atoms with E-state index < -0.39 is 16.5 Å². The number of benzene rings is 1. The number of hydrogen-bond acceptors (Lipinski definition) is 4. The molecule has 1 aliphatic rings. The van der Waals surface area contributed by atoms with Crippen LogP contribution in [0, 0.1) is 0 Å². The molecule has 0 N–H and O–H groups in total. The van der Waals surface area contributed by atoms with Gasteiger partial charge in [-0.3, -0.25) is 0 Å². The summed E-state index contributed by atoms with van der Waals surface area (Å²) in [4.78, 5) is 0. The van der Waals surface area contributed by atoms with E-state index in [0.29, 0.717) is 0 Å². The van der Waals surface area contributed by atoms with E-state index in [2.05, 4.69) is 8.37 Å². The zero-order valence-corrected chi connectivity index (χ0v) is 7.53. The van der Waals surface area contributed by atoms with Gasteiger partial charge in [-0.1, -0.05) is 30.3 Å². The Balaban J connectivity index is 2.22. The normalized spacial score (nSPS) is 26.0. The van der Waals surface area contributed by atoms with Gasteiger partial charge in [-0.05, 0) is 5.56 Å². The third-order valence-electron chi connectivity index (χ3n) is 1.77. The lowest BCUT2D eigenvalue weighted by molar-refractivity contribution is 0.242. The summed E-state index contributed by atoms with van der Waals surface area (Å²) in [6, 6.07) is 9.10. The van der Waals surface area contributed by atoms with E-state index in [1.54, 1.807) is 12.1 Å². The molecule has 1 unspecified atom stereocenters. The van der Waals surface area contributed by atoms with Crippen LogP contribution in [0.5, 0.6) is 0 Å². The standard InChI is InChI=1S/C8H8O4S/c9-13(10)11-6-8(12-13)7-4-2-1-3-5-7/h1-5,8H,6H2. The minimum absolute atomic E-state index is 0.0619. The smallest absolute Gasteiger partial charge is 0.245 e. The molecule has 5 heteroatoms. The Morgan fingerprint density at radius 1 is 1.23 bits per heavy atom. The lowest BCUT2D eigenvalue weighted by Gasteiger charge is -2.03. The maximum atomic E-state index is 10.8. The van der Waals surface area contributed by atoms with E-state index in [1.165, 1.54) is 0 Å². The SMILES string of the molecule is O=S1(=O)OCC(c2ccccc2)O1. The van der Waals surface area contributed by atoms with Crippen molar-refractivity contribution in [1.82, 2.24) is 0 Å². The van der Waals surface area contributed by atoms with Gasteiger partial charge in [0.25, 0.3) is 0 Å². The summed E-state index contributed by atoms with van der Waals surface area (Å²) in [6.45, 7) is 0.0619. The predicted molar refractivity (Wildman–Crippen MR) is 45.1 cm³/mol. The summed E-state index contributed by atoms with van der Waals surface area (Å²) in [5.41, 5.74) is 0.809. The van der Waals surface area contributed by atoms with Crippen LogP contribution in [-0.4, -0.2) is 15.0 Å². The molecule has 0 saturated carbocycles. The molecule has 1 fully saturated rings. The molecule has 1 aromatic carbocycles. The second-order valence-corrected chi connectivity index (χ2v) is 3.93. The first-order valence-corrected chi connectivity index (χ1v) is 5.13. The molecule has 1 aromatic rings. The lowest BCUT2D eigenvalue weighted by atomic mass is 10.1. The fourth-order valence-electron chi connectivity index (χ4n) is 1.16. The first kappa shape index (κ1) is 8.68. The van der Waals surface area contributed by atoms with Crippen LogP contribution in [-0.2, 0) is 18.8 Å². The van der Waals surface area contributed by atoms with Gasteiger partial charge in [0.1, 0.15) is 12.7 Å². The summed E-state index contributed by atoms with van der Waals surface area (Å²) in [5, 5.41) is 0. The maximum absolute atomic E-state index is 10.8. The van der Waals surface area contributed by atoms with Crippen molar-refractivity contribution in [3.63, 3.8) is 0 Å². The molecule has 0 aliphatic carbocycles. The number of hydrogen-bond donors (Lipinski definition) is 0. The second-order valence-electron chi connectivity index (χ2n) is 2.69. The van der Waals surface area contributed by atoms with Crippen molar-refractivity contribution in [3.8, 4) is 0 Å². The Kier molecular flexibility index (Phi) is 2.07. The lowest BCUT2D eigenvalue weighted by Crippen LogP contribution is -2.00. The molecule has 0 amide bonds. The van der Waals surface area contributed by atoms with Crippen LogP contribution in [0.25, 0.3) is 0 Å². The summed E-state index contributed by atoms with van der Waals surface area (Å²) < 4.78 is 30.7. The van der Waals surface area contributed by atoms with Crippen molar-refractivity contribution in [3.05, 3.63) is 35.9 Å². The van der Waals surface area contributed by atoms with E-state index in [4.69, 9.17) is 0 Å². The Bertz CT molecular complexity index is 384. The molecule has 0 spiro atoms. The van der Waals surface area contributed by atoms with Crippen LogP contribution in [0.1, 0.15) is 11.7 Å². The first-order chi connectivity index (χ1) is 6.17. The minimum atomic E-state index is -3.74. The van der Waals surface area contributed by atoms with Crippen molar-refractivity contribution < 1.29 is 16.8 Å². The summed E-state index contributed by atoms with van der Waals surface area (Å²) >= 11 is 0. The van der Waals surface area contributed by atoms with E-state index in [-0.39, 0.29) is 6.61 Å². The third-order valence-corrected chi connectivity index (χ3v) is 2.66. The topological polar surface area (TPSA) is 52.6 Å². The van der Waals surface area contributed by atoms with Gasteiger partial charge in [-0.2, -0.15) is 8.42 Å².